The lowest BCUT2D eigenvalue weighted by Gasteiger charge is -2.20. The molecular formula is C49H96NO10P. The average Bonchev–Trinajstić information content (AvgIpc) is 3.24. The molecular weight excluding hydrogens is 794 g/mol. The van der Waals surface area contributed by atoms with E-state index in [1.807, 2.05) is 0 Å². The molecule has 0 saturated carbocycles. The quantitative estimate of drug-likeness (QED) is 0.0301. The Morgan fingerprint density at radius 1 is 0.443 bits per heavy atom. The van der Waals surface area contributed by atoms with Crippen LogP contribution in [0.4, 0.5) is 0 Å². The summed E-state index contributed by atoms with van der Waals surface area (Å²) in [6.45, 7) is 2.87. The number of phosphoric ester groups is 1. The molecule has 0 bridgehead atoms. The Hall–Kier alpha value is -1.52. The highest BCUT2D eigenvalue weighted by molar-refractivity contribution is 7.47. The van der Waals surface area contributed by atoms with E-state index >= 15 is 0 Å². The maximum absolute atomic E-state index is 12.7. The van der Waals surface area contributed by atoms with Crippen molar-refractivity contribution in [2.75, 3.05) is 19.8 Å². The lowest BCUT2D eigenvalue weighted by Crippen LogP contribution is -2.34. The topological polar surface area (TPSA) is 172 Å². The third-order valence-electron chi connectivity index (χ3n) is 11.6. The Labute approximate surface area is 374 Å². The zero-order chi connectivity index (χ0) is 44.9. The third kappa shape index (κ3) is 44.9. The summed E-state index contributed by atoms with van der Waals surface area (Å²) in [5.74, 6) is -2.35. The molecule has 0 amide bonds. The molecule has 0 aliphatic rings. The molecule has 0 saturated heterocycles. The van der Waals surface area contributed by atoms with Crippen LogP contribution in [0.2, 0.25) is 0 Å². The van der Waals surface area contributed by atoms with E-state index in [0.717, 1.165) is 38.5 Å². The average molecular weight is 890 g/mol. The summed E-state index contributed by atoms with van der Waals surface area (Å²) < 4.78 is 32.9. The van der Waals surface area contributed by atoms with Crippen LogP contribution >= 0.6 is 7.82 Å². The van der Waals surface area contributed by atoms with Crippen LogP contribution in [0.3, 0.4) is 0 Å². The second kappa shape index (κ2) is 45.1. The van der Waals surface area contributed by atoms with E-state index in [4.69, 9.17) is 24.8 Å². The predicted octanol–water partition coefficient (Wildman–Crippen LogP) is 14.2. The zero-order valence-corrected chi connectivity index (χ0v) is 40.4. The molecule has 4 N–H and O–H groups in total. The highest BCUT2D eigenvalue weighted by Gasteiger charge is 2.28. The largest absolute Gasteiger partial charge is 0.480 e. The predicted molar refractivity (Wildman–Crippen MR) is 250 cm³/mol. The smallest absolute Gasteiger partial charge is 0.472 e. The van der Waals surface area contributed by atoms with Gasteiger partial charge < -0.3 is 25.2 Å². The van der Waals surface area contributed by atoms with Crippen LogP contribution in [0.15, 0.2) is 0 Å². The van der Waals surface area contributed by atoms with Crippen molar-refractivity contribution in [3.63, 3.8) is 0 Å². The van der Waals surface area contributed by atoms with Gasteiger partial charge in [0.05, 0.1) is 13.2 Å². The summed E-state index contributed by atoms with van der Waals surface area (Å²) in [6.07, 6.45) is 45.9. The lowest BCUT2D eigenvalue weighted by molar-refractivity contribution is -0.161. The van der Waals surface area contributed by atoms with Crippen molar-refractivity contribution in [2.45, 2.75) is 276 Å². The van der Waals surface area contributed by atoms with Gasteiger partial charge in [0.25, 0.3) is 0 Å². The maximum atomic E-state index is 12.7. The first-order valence-electron chi connectivity index (χ1n) is 25.6. The Morgan fingerprint density at radius 3 is 1.03 bits per heavy atom. The molecule has 11 nitrogen and oxygen atoms in total. The minimum Gasteiger partial charge on any atom is -0.480 e. The summed E-state index contributed by atoms with van der Waals surface area (Å²) in [4.78, 5) is 46.2. The molecule has 0 aromatic rings. The number of nitrogens with two attached hydrogens (primary N) is 1. The SMILES string of the molecule is CCCCCCCCCCCCCCCCCCCCCCC(=O)O[C@H](COC(=O)CCCCCCCCCCCCCCCCCCC)COP(=O)(O)OC[C@H](N)C(=O)O. The fourth-order valence-electron chi connectivity index (χ4n) is 7.60. The molecule has 0 fully saturated rings. The lowest BCUT2D eigenvalue weighted by atomic mass is 10.0. The van der Waals surface area contributed by atoms with Crippen molar-refractivity contribution in [3.8, 4) is 0 Å². The number of esters is 2. The normalized spacial score (nSPS) is 13.5. The number of phosphoric acid groups is 1. The van der Waals surface area contributed by atoms with Gasteiger partial charge in [-0.25, -0.2) is 4.57 Å². The number of carboxylic acid groups (broad SMARTS) is 1. The van der Waals surface area contributed by atoms with Crippen LogP contribution in [0, 0.1) is 0 Å². The number of carbonyl (C=O) groups is 3. The highest BCUT2D eigenvalue weighted by Crippen LogP contribution is 2.43. The zero-order valence-electron chi connectivity index (χ0n) is 39.5. The molecule has 0 aromatic carbocycles. The van der Waals surface area contributed by atoms with E-state index < -0.39 is 51.1 Å². The van der Waals surface area contributed by atoms with Crippen molar-refractivity contribution < 1.29 is 47.5 Å². The van der Waals surface area contributed by atoms with E-state index in [2.05, 4.69) is 18.4 Å². The van der Waals surface area contributed by atoms with E-state index in [1.54, 1.807) is 0 Å². The molecule has 12 heteroatoms. The highest BCUT2D eigenvalue weighted by atomic mass is 31.2. The molecule has 3 atom stereocenters. The van der Waals surface area contributed by atoms with Gasteiger partial charge in [-0.15, -0.1) is 0 Å². The van der Waals surface area contributed by atoms with Crippen LogP contribution in [0.25, 0.3) is 0 Å². The van der Waals surface area contributed by atoms with Gasteiger partial charge in [0.15, 0.2) is 6.10 Å². The van der Waals surface area contributed by atoms with Crippen LogP contribution in [-0.2, 0) is 37.5 Å². The Morgan fingerprint density at radius 2 is 0.721 bits per heavy atom. The Balaban J connectivity index is 4.20. The number of aliphatic carboxylic acids is 1. The van der Waals surface area contributed by atoms with Gasteiger partial charge in [-0.3, -0.25) is 23.4 Å². The van der Waals surface area contributed by atoms with Gasteiger partial charge in [-0.05, 0) is 12.8 Å². The van der Waals surface area contributed by atoms with Crippen molar-refractivity contribution in [2.24, 2.45) is 5.73 Å². The number of carbonyl (C=O) groups excluding carboxylic acids is 2. The third-order valence-corrected chi connectivity index (χ3v) is 12.6. The molecule has 0 heterocycles. The molecule has 0 aliphatic heterocycles. The molecule has 0 radical (unpaired) electrons. The van der Waals surface area contributed by atoms with Crippen molar-refractivity contribution in [1.29, 1.82) is 0 Å². The van der Waals surface area contributed by atoms with Gasteiger partial charge in [0.1, 0.15) is 12.6 Å². The number of unbranched alkanes of at least 4 members (excludes halogenated alkanes) is 35. The summed E-state index contributed by atoms with van der Waals surface area (Å²) in [5.41, 5.74) is 5.35. The number of ether oxygens (including phenoxy) is 2. The standard InChI is InChI=1S/C49H96NO10P/c1-3-5-7-9-11-13-15-17-19-21-22-23-25-27-29-31-33-35-37-39-41-48(52)60-45(43-58-61(55,56)59-44-46(50)49(53)54)42-57-47(51)40-38-36-34-32-30-28-26-24-20-18-16-14-12-10-8-6-4-2/h45-46H,3-44,50H2,1-2H3,(H,53,54)(H,55,56)/t45-,46+/m1/s1. The molecule has 0 rings (SSSR count). The Kier molecular flexibility index (Phi) is 43.9. The monoisotopic (exact) mass is 890 g/mol. The van der Waals surface area contributed by atoms with E-state index in [1.165, 1.54) is 186 Å². The van der Waals surface area contributed by atoms with E-state index in [9.17, 15) is 23.8 Å². The van der Waals surface area contributed by atoms with Gasteiger partial charge in [-0.1, -0.05) is 239 Å². The van der Waals surface area contributed by atoms with Gasteiger partial charge in [0, 0.05) is 12.8 Å². The number of hydrogen-bond acceptors (Lipinski definition) is 9. The molecule has 0 aromatic heterocycles. The van der Waals surface area contributed by atoms with Crippen LogP contribution in [0.1, 0.15) is 264 Å². The van der Waals surface area contributed by atoms with E-state index in [-0.39, 0.29) is 19.4 Å². The number of carboxylic acids is 1. The minimum absolute atomic E-state index is 0.170. The van der Waals surface area contributed by atoms with E-state index in [0.29, 0.717) is 12.8 Å². The van der Waals surface area contributed by atoms with Crippen molar-refractivity contribution in [1.82, 2.24) is 0 Å². The fourth-order valence-corrected chi connectivity index (χ4v) is 8.38. The molecule has 1 unspecified atom stereocenters. The van der Waals surface area contributed by atoms with Crippen molar-refractivity contribution in [3.05, 3.63) is 0 Å². The first-order chi connectivity index (χ1) is 29.6. The number of rotatable bonds is 49. The van der Waals surface area contributed by atoms with Crippen LogP contribution < -0.4 is 5.73 Å². The molecule has 0 spiro atoms. The Bertz CT molecular complexity index is 1050. The van der Waals surface area contributed by atoms with Crippen molar-refractivity contribution >= 4 is 25.7 Å². The summed E-state index contributed by atoms with van der Waals surface area (Å²) in [5, 5.41) is 8.92. The molecule has 61 heavy (non-hydrogen) atoms. The second-order valence-electron chi connectivity index (χ2n) is 17.7. The summed E-state index contributed by atoms with van der Waals surface area (Å²) in [6, 6.07) is -1.52. The minimum atomic E-state index is -4.71. The van der Waals surface area contributed by atoms with Crippen LogP contribution in [0.5, 0.6) is 0 Å². The molecule has 0 aliphatic carbocycles. The van der Waals surface area contributed by atoms with Gasteiger partial charge in [0.2, 0.25) is 0 Å². The summed E-state index contributed by atoms with van der Waals surface area (Å²) in [7, 11) is -4.71. The molecule has 362 valence electrons. The fraction of sp³-hybridized carbons (Fsp3) is 0.939. The summed E-state index contributed by atoms with van der Waals surface area (Å²) >= 11 is 0. The first-order valence-corrected chi connectivity index (χ1v) is 27.1. The first kappa shape index (κ1) is 59.5. The number of hydrogen-bond donors (Lipinski definition) is 3. The van der Waals surface area contributed by atoms with Gasteiger partial charge in [-0.2, -0.15) is 0 Å². The van der Waals surface area contributed by atoms with Gasteiger partial charge >= 0.3 is 25.7 Å². The maximum Gasteiger partial charge on any atom is 0.472 e. The van der Waals surface area contributed by atoms with Crippen LogP contribution in [-0.4, -0.2) is 59.9 Å². The second-order valence-corrected chi connectivity index (χ2v) is 19.1.